The van der Waals surface area contributed by atoms with Crippen molar-refractivity contribution >= 4 is 11.6 Å². The zero-order chi connectivity index (χ0) is 17.1. The first-order valence-corrected chi connectivity index (χ1v) is 7.87. The van der Waals surface area contributed by atoms with Gasteiger partial charge in [-0.2, -0.15) is 0 Å². The molecule has 0 aliphatic carbocycles. The van der Waals surface area contributed by atoms with E-state index in [9.17, 15) is 4.79 Å². The highest BCUT2D eigenvalue weighted by molar-refractivity contribution is 6.03. The van der Waals surface area contributed by atoms with Gasteiger partial charge in [0.25, 0.3) is 5.91 Å². The number of nitrogens with zero attached hydrogens (tertiary/aromatic N) is 3. The molecule has 3 rings (SSSR count). The number of hydrogen-bond donors (Lipinski definition) is 1. The van der Waals surface area contributed by atoms with Crippen LogP contribution in [0.4, 0.5) is 5.69 Å². The Hall–Kier alpha value is -2.95. The first-order chi connectivity index (χ1) is 11.5. The molecule has 5 heteroatoms. The molecule has 1 N–H and O–H groups in total. The highest BCUT2D eigenvalue weighted by atomic mass is 16.2. The van der Waals surface area contributed by atoms with E-state index >= 15 is 0 Å². The van der Waals surface area contributed by atoms with Crippen molar-refractivity contribution in [2.45, 2.75) is 27.3 Å². The van der Waals surface area contributed by atoms with Crippen LogP contribution in [0.25, 0.3) is 0 Å². The molecule has 0 bridgehead atoms. The molecule has 0 atom stereocenters. The molecule has 0 radical (unpaired) electrons. The molecular weight excluding hydrogens is 300 g/mol. The number of nitrogens with one attached hydrogen (secondary N) is 1. The van der Waals surface area contributed by atoms with E-state index < -0.39 is 0 Å². The van der Waals surface area contributed by atoms with Crippen molar-refractivity contribution in [1.82, 2.24) is 15.0 Å². The van der Waals surface area contributed by atoms with Gasteiger partial charge >= 0.3 is 0 Å². The molecule has 0 saturated carbocycles. The normalized spacial score (nSPS) is 10.6. The van der Waals surface area contributed by atoms with Gasteiger partial charge in [0.2, 0.25) is 0 Å². The number of carbonyl (C=O) groups excluding carboxylic acids is 1. The quantitative estimate of drug-likeness (QED) is 0.800. The molecule has 0 aliphatic heterocycles. The van der Waals surface area contributed by atoms with Gasteiger partial charge < -0.3 is 5.32 Å². The number of carbonyl (C=O) groups is 1. The molecule has 122 valence electrons. The van der Waals surface area contributed by atoms with Gasteiger partial charge in [-0.25, -0.2) is 4.68 Å². The molecule has 3 aromatic rings. The second-order valence-electron chi connectivity index (χ2n) is 5.94. The van der Waals surface area contributed by atoms with Gasteiger partial charge in [0.15, 0.2) is 5.69 Å². The Balaban J connectivity index is 1.80. The number of rotatable bonds is 4. The molecule has 0 unspecified atom stereocenters. The van der Waals surface area contributed by atoms with Gasteiger partial charge in [-0.1, -0.05) is 47.7 Å². The zero-order valence-corrected chi connectivity index (χ0v) is 14.1. The Bertz CT molecular complexity index is 868. The minimum atomic E-state index is -0.236. The molecule has 0 spiro atoms. The van der Waals surface area contributed by atoms with Crippen molar-refractivity contribution in [2.75, 3.05) is 5.32 Å². The molecule has 0 aliphatic rings. The van der Waals surface area contributed by atoms with Gasteiger partial charge in [-0.3, -0.25) is 4.79 Å². The average Bonchev–Trinajstić information content (AvgIpc) is 2.93. The van der Waals surface area contributed by atoms with Crippen molar-refractivity contribution in [3.05, 3.63) is 76.6 Å². The Morgan fingerprint density at radius 2 is 1.83 bits per heavy atom. The third kappa shape index (κ3) is 3.35. The van der Waals surface area contributed by atoms with Gasteiger partial charge in [-0.05, 0) is 43.5 Å². The van der Waals surface area contributed by atoms with Gasteiger partial charge in [0, 0.05) is 5.69 Å². The summed E-state index contributed by atoms with van der Waals surface area (Å²) in [5.74, 6) is -0.236. The molecule has 1 amide bonds. The number of aromatic nitrogens is 3. The largest absolute Gasteiger partial charge is 0.320 e. The molecule has 24 heavy (non-hydrogen) atoms. The van der Waals surface area contributed by atoms with E-state index in [1.165, 1.54) is 0 Å². The second kappa shape index (κ2) is 6.66. The molecule has 2 aromatic carbocycles. The van der Waals surface area contributed by atoms with Crippen LogP contribution in [0.1, 0.15) is 32.9 Å². The maximum atomic E-state index is 12.5. The molecule has 0 saturated heterocycles. The van der Waals surface area contributed by atoms with Crippen LogP contribution in [-0.2, 0) is 6.54 Å². The summed E-state index contributed by atoms with van der Waals surface area (Å²) in [4.78, 5) is 12.5. The summed E-state index contributed by atoms with van der Waals surface area (Å²) < 4.78 is 1.74. The lowest BCUT2D eigenvalue weighted by Crippen LogP contribution is -2.15. The first-order valence-electron chi connectivity index (χ1n) is 7.87. The lowest BCUT2D eigenvalue weighted by atomic mass is 10.1. The first kappa shape index (κ1) is 15.9. The van der Waals surface area contributed by atoms with Crippen LogP contribution < -0.4 is 5.32 Å². The fourth-order valence-corrected chi connectivity index (χ4v) is 2.53. The highest BCUT2D eigenvalue weighted by Crippen LogP contribution is 2.18. The summed E-state index contributed by atoms with van der Waals surface area (Å²) in [6.45, 7) is 6.42. The lowest BCUT2D eigenvalue weighted by molar-refractivity contribution is 0.102. The summed E-state index contributed by atoms with van der Waals surface area (Å²) >= 11 is 0. The lowest BCUT2D eigenvalue weighted by Gasteiger charge is -2.08. The third-order valence-corrected chi connectivity index (χ3v) is 4.01. The Morgan fingerprint density at radius 1 is 1.08 bits per heavy atom. The smallest absolute Gasteiger partial charge is 0.278 e. The van der Waals surface area contributed by atoms with Crippen molar-refractivity contribution in [1.29, 1.82) is 0 Å². The van der Waals surface area contributed by atoms with Crippen LogP contribution in [0, 0.1) is 20.8 Å². The average molecular weight is 320 g/mol. The number of aryl methyl sites for hydroxylation is 2. The van der Waals surface area contributed by atoms with E-state index in [1.807, 2.05) is 69.3 Å². The van der Waals surface area contributed by atoms with E-state index in [2.05, 4.69) is 15.6 Å². The highest BCUT2D eigenvalue weighted by Gasteiger charge is 2.17. The second-order valence-corrected chi connectivity index (χ2v) is 5.94. The van der Waals surface area contributed by atoms with Gasteiger partial charge in [-0.15, -0.1) is 5.10 Å². The van der Waals surface area contributed by atoms with Crippen molar-refractivity contribution < 1.29 is 4.79 Å². The van der Waals surface area contributed by atoms with E-state index in [0.29, 0.717) is 12.2 Å². The van der Waals surface area contributed by atoms with E-state index in [4.69, 9.17) is 0 Å². The fourth-order valence-electron chi connectivity index (χ4n) is 2.53. The summed E-state index contributed by atoms with van der Waals surface area (Å²) in [7, 11) is 0. The molecule has 0 fully saturated rings. The van der Waals surface area contributed by atoms with E-state index in [-0.39, 0.29) is 5.91 Å². The van der Waals surface area contributed by atoms with Crippen LogP contribution in [-0.4, -0.2) is 20.9 Å². The Morgan fingerprint density at radius 3 is 2.58 bits per heavy atom. The van der Waals surface area contributed by atoms with E-state index in [0.717, 1.165) is 28.1 Å². The molecular formula is C19H20N4O. The maximum Gasteiger partial charge on any atom is 0.278 e. The summed E-state index contributed by atoms with van der Waals surface area (Å²) in [5, 5.41) is 11.1. The molecule has 1 aromatic heterocycles. The van der Waals surface area contributed by atoms with Crippen molar-refractivity contribution in [2.24, 2.45) is 0 Å². The summed E-state index contributed by atoms with van der Waals surface area (Å²) in [6, 6.07) is 16.0. The van der Waals surface area contributed by atoms with E-state index in [1.54, 1.807) is 4.68 Å². The van der Waals surface area contributed by atoms with Gasteiger partial charge in [0.1, 0.15) is 0 Å². The van der Waals surface area contributed by atoms with Gasteiger partial charge in [0.05, 0.1) is 12.2 Å². The SMILES string of the molecule is Cc1ccc(C)c(NC(=O)c2nnn(Cc3ccccc3)c2C)c1. The van der Waals surface area contributed by atoms with Crippen LogP contribution in [0.2, 0.25) is 0 Å². The predicted molar refractivity (Wildman–Crippen MR) is 94.2 cm³/mol. The Kier molecular flexibility index (Phi) is 4.42. The van der Waals surface area contributed by atoms with Crippen molar-refractivity contribution in [3.8, 4) is 0 Å². The minimum Gasteiger partial charge on any atom is -0.320 e. The molecule has 1 heterocycles. The Labute approximate surface area is 141 Å². The predicted octanol–water partition coefficient (Wildman–Crippen LogP) is 3.50. The third-order valence-electron chi connectivity index (χ3n) is 4.01. The minimum absolute atomic E-state index is 0.236. The topological polar surface area (TPSA) is 59.8 Å². The maximum absolute atomic E-state index is 12.5. The zero-order valence-electron chi connectivity index (χ0n) is 14.1. The number of amides is 1. The summed E-state index contributed by atoms with van der Waals surface area (Å²) in [6.07, 6.45) is 0. The summed E-state index contributed by atoms with van der Waals surface area (Å²) in [5.41, 5.74) is 5.14. The number of benzene rings is 2. The standard InChI is InChI=1S/C19H20N4O/c1-13-9-10-14(2)17(11-13)20-19(24)18-15(3)23(22-21-18)12-16-7-5-4-6-8-16/h4-11H,12H2,1-3H3,(H,20,24). The molecule has 5 nitrogen and oxygen atoms in total. The number of hydrogen-bond acceptors (Lipinski definition) is 3. The van der Waals surface area contributed by atoms with Crippen LogP contribution >= 0.6 is 0 Å². The fraction of sp³-hybridized carbons (Fsp3) is 0.211. The number of anilines is 1. The van der Waals surface area contributed by atoms with Crippen LogP contribution in [0.5, 0.6) is 0 Å². The van der Waals surface area contributed by atoms with Crippen molar-refractivity contribution in [3.63, 3.8) is 0 Å². The van der Waals surface area contributed by atoms with Crippen LogP contribution in [0.3, 0.4) is 0 Å². The van der Waals surface area contributed by atoms with Crippen LogP contribution in [0.15, 0.2) is 48.5 Å². The monoisotopic (exact) mass is 320 g/mol.